The van der Waals surface area contributed by atoms with E-state index in [0.717, 1.165) is 18.4 Å². The Bertz CT molecular complexity index is 679. The lowest BCUT2D eigenvalue weighted by atomic mass is 9.97. The number of hydrogen-bond donors (Lipinski definition) is 0. The quantitative estimate of drug-likeness (QED) is 0.672. The molecule has 2 rings (SSSR count). The summed E-state index contributed by atoms with van der Waals surface area (Å²) in [4.78, 5) is 0. The Labute approximate surface area is 128 Å². The van der Waals surface area contributed by atoms with Crippen molar-refractivity contribution in [3.05, 3.63) is 76.4 Å². The van der Waals surface area contributed by atoms with E-state index in [1.54, 1.807) is 0 Å². The standard InChI is InChI=1S/C21H22/c1-5-17(3)18(4)21-8-6-7-20(15-21)14-13-19-11-9-16(2)10-12-19/h1,6-12,15H,13-14H2,2-4H3/b18-17-. The number of allylic oxidation sites excluding steroid dienone is 2. The molecule has 2 aromatic carbocycles. The highest BCUT2D eigenvalue weighted by atomic mass is 14.1. The van der Waals surface area contributed by atoms with Crippen molar-refractivity contribution < 1.29 is 0 Å². The SMILES string of the molecule is C#C/C(C)=C(/C)c1cccc(CCc2ccc(C)cc2)c1. The van der Waals surface area contributed by atoms with Crippen LogP contribution in [-0.2, 0) is 12.8 Å². The van der Waals surface area contributed by atoms with Crippen LogP contribution in [0.5, 0.6) is 0 Å². The van der Waals surface area contributed by atoms with Gasteiger partial charge in [-0.2, -0.15) is 0 Å². The van der Waals surface area contributed by atoms with E-state index in [0.29, 0.717) is 0 Å². The van der Waals surface area contributed by atoms with Crippen LogP contribution in [0.1, 0.15) is 36.1 Å². The Morgan fingerprint density at radius 2 is 1.62 bits per heavy atom. The molecule has 0 nitrogen and oxygen atoms in total. The Morgan fingerprint density at radius 3 is 2.29 bits per heavy atom. The predicted molar refractivity (Wildman–Crippen MR) is 92.1 cm³/mol. The summed E-state index contributed by atoms with van der Waals surface area (Å²) in [7, 11) is 0. The van der Waals surface area contributed by atoms with E-state index in [-0.39, 0.29) is 0 Å². The molecule has 0 atom stereocenters. The molecule has 2 aromatic rings. The number of hydrogen-bond acceptors (Lipinski definition) is 0. The van der Waals surface area contributed by atoms with Gasteiger partial charge in [0.1, 0.15) is 0 Å². The van der Waals surface area contributed by atoms with Crippen LogP contribution >= 0.6 is 0 Å². The molecule has 0 aliphatic rings. The van der Waals surface area contributed by atoms with E-state index in [4.69, 9.17) is 6.42 Å². The van der Waals surface area contributed by atoms with E-state index < -0.39 is 0 Å². The van der Waals surface area contributed by atoms with Crippen LogP contribution in [0.25, 0.3) is 5.57 Å². The summed E-state index contributed by atoms with van der Waals surface area (Å²) < 4.78 is 0. The average Bonchev–Trinajstić information content (AvgIpc) is 2.53. The van der Waals surface area contributed by atoms with Gasteiger partial charge in [-0.1, -0.05) is 60.0 Å². The molecule has 0 unspecified atom stereocenters. The molecule has 106 valence electrons. The second-order valence-corrected chi connectivity index (χ2v) is 5.58. The molecule has 0 saturated heterocycles. The third kappa shape index (κ3) is 4.10. The second-order valence-electron chi connectivity index (χ2n) is 5.58. The van der Waals surface area contributed by atoms with Gasteiger partial charge in [-0.25, -0.2) is 0 Å². The largest absolute Gasteiger partial charge is 0.115 e. The number of benzene rings is 2. The van der Waals surface area contributed by atoms with E-state index in [1.807, 2.05) is 6.92 Å². The van der Waals surface area contributed by atoms with Gasteiger partial charge in [-0.05, 0) is 55.9 Å². The first-order chi connectivity index (χ1) is 10.1. The van der Waals surface area contributed by atoms with Gasteiger partial charge < -0.3 is 0 Å². The zero-order valence-corrected chi connectivity index (χ0v) is 13.1. The number of terminal acetylenes is 1. The van der Waals surface area contributed by atoms with Crippen molar-refractivity contribution in [1.82, 2.24) is 0 Å². The molecule has 0 aliphatic carbocycles. The molecule has 0 radical (unpaired) electrons. The minimum absolute atomic E-state index is 1.01. The van der Waals surface area contributed by atoms with Crippen molar-refractivity contribution in [1.29, 1.82) is 0 Å². The van der Waals surface area contributed by atoms with Crippen LogP contribution in [0.15, 0.2) is 54.1 Å². The smallest absolute Gasteiger partial charge is 0.00217 e. The van der Waals surface area contributed by atoms with Crippen LogP contribution in [0.3, 0.4) is 0 Å². The highest BCUT2D eigenvalue weighted by Crippen LogP contribution is 2.20. The fraction of sp³-hybridized carbons (Fsp3) is 0.238. The summed E-state index contributed by atoms with van der Waals surface area (Å²) in [5.41, 5.74) is 7.48. The first-order valence-corrected chi connectivity index (χ1v) is 7.39. The third-order valence-corrected chi connectivity index (χ3v) is 3.96. The van der Waals surface area contributed by atoms with Gasteiger partial charge in [0, 0.05) is 5.57 Å². The van der Waals surface area contributed by atoms with Crippen LogP contribution in [0.4, 0.5) is 0 Å². The monoisotopic (exact) mass is 274 g/mol. The Morgan fingerprint density at radius 1 is 0.952 bits per heavy atom. The fourth-order valence-corrected chi connectivity index (χ4v) is 2.33. The van der Waals surface area contributed by atoms with Crippen LogP contribution in [0.2, 0.25) is 0 Å². The molecular weight excluding hydrogens is 252 g/mol. The van der Waals surface area contributed by atoms with Crippen molar-refractivity contribution in [3.63, 3.8) is 0 Å². The first-order valence-electron chi connectivity index (χ1n) is 7.39. The van der Waals surface area contributed by atoms with Gasteiger partial charge in [0.2, 0.25) is 0 Å². The molecule has 0 aliphatic heterocycles. The fourth-order valence-electron chi connectivity index (χ4n) is 2.33. The first kappa shape index (κ1) is 15.1. The highest BCUT2D eigenvalue weighted by molar-refractivity contribution is 5.70. The van der Waals surface area contributed by atoms with Gasteiger partial charge in [0.25, 0.3) is 0 Å². The van der Waals surface area contributed by atoms with Crippen LogP contribution in [0, 0.1) is 19.3 Å². The van der Waals surface area contributed by atoms with Gasteiger partial charge in [0.15, 0.2) is 0 Å². The number of aryl methyl sites for hydroxylation is 3. The minimum Gasteiger partial charge on any atom is -0.115 e. The molecule has 0 spiro atoms. The zero-order valence-electron chi connectivity index (χ0n) is 13.1. The maximum Gasteiger partial charge on any atom is 0.00217 e. The lowest BCUT2D eigenvalue weighted by Gasteiger charge is -2.07. The van der Waals surface area contributed by atoms with Crippen molar-refractivity contribution in [2.45, 2.75) is 33.6 Å². The topological polar surface area (TPSA) is 0 Å². The molecule has 0 bridgehead atoms. The molecule has 0 fully saturated rings. The van der Waals surface area contributed by atoms with E-state index in [9.17, 15) is 0 Å². The summed E-state index contributed by atoms with van der Waals surface area (Å²) in [5.74, 6) is 2.73. The molecule has 21 heavy (non-hydrogen) atoms. The average molecular weight is 274 g/mol. The summed E-state index contributed by atoms with van der Waals surface area (Å²) >= 11 is 0. The zero-order chi connectivity index (χ0) is 15.2. The van der Waals surface area contributed by atoms with Gasteiger partial charge >= 0.3 is 0 Å². The maximum absolute atomic E-state index is 5.49. The summed E-state index contributed by atoms with van der Waals surface area (Å²) in [5, 5.41) is 0. The molecule has 0 heterocycles. The summed E-state index contributed by atoms with van der Waals surface area (Å²) in [6, 6.07) is 17.5. The third-order valence-electron chi connectivity index (χ3n) is 3.96. The molecule has 0 N–H and O–H groups in total. The maximum atomic E-state index is 5.49. The normalized spacial score (nSPS) is 11.7. The Kier molecular flexibility index (Phi) is 5.01. The lowest BCUT2D eigenvalue weighted by molar-refractivity contribution is 0.958. The Hall–Kier alpha value is -2.26. The van der Waals surface area contributed by atoms with Crippen molar-refractivity contribution in [3.8, 4) is 12.3 Å². The van der Waals surface area contributed by atoms with Crippen molar-refractivity contribution >= 4 is 5.57 Å². The van der Waals surface area contributed by atoms with E-state index in [2.05, 4.69) is 68.3 Å². The van der Waals surface area contributed by atoms with E-state index in [1.165, 1.54) is 27.8 Å². The van der Waals surface area contributed by atoms with Gasteiger partial charge in [-0.3, -0.25) is 0 Å². The van der Waals surface area contributed by atoms with Gasteiger partial charge in [0.05, 0.1) is 0 Å². The molecule has 0 heteroatoms. The molecular formula is C21H22. The predicted octanol–water partition coefficient (Wildman–Crippen LogP) is 5.21. The minimum atomic E-state index is 1.01. The van der Waals surface area contributed by atoms with Gasteiger partial charge in [-0.15, -0.1) is 6.42 Å². The number of rotatable bonds is 4. The molecule has 0 amide bonds. The highest BCUT2D eigenvalue weighted by Gasteiger charge is 2.01. The molecule has 0 aromatic heterocycles. The summed E-state index contributed by atoms with van der Waals surface area (Å²) in [6.45, 7) is 6.21. The Balaban J connectivity index is 2.12. The van der Waals surface area contributed by atoms with E-state index >= 15 is 0 Å². The summed E-state index contributed by atoms with van der Waals surface area (Å²) in [6.07, 6.45) is 7.61. The van der Waals surface area contributed by atoms with Crippen molar-refractivity contribution in [2.24, 2.45) is 0 Å². The molecule has 0 saturated carbocycles. The van der Waals surface area contributed by atoms with Crippen LogP contribution < -0.4 is 0 Å². The second kappa shape index (κ2) is 6.95. The lowest BCUT2D eigenvalue weighted by Crippen LogP contribution is -1.93. The van der Waals surface area contributed by atoms with Crippen LogP contribution in [-0.4, -0.2) is 0 Å². The van der Waals surface area contributed by atoms with Crippen molar-refractivity contribution in [2.75, 3.05) is 0 Å².